The van der Waals surface area contributed by atoms with Crippen molar-refractivity contribution in [3.8, 4) is 22.6 Å². The number of phenols is 2. The normalized spacial score (nSPS) is 13.4. The van der Waals surface area contributed by atoms with Gasteiger partial charge < -0.3 is 10.2 Å². The lowest BCUT2D eigenvalue weighted by Crippen LogP contribution is -2.17. The van der Waals surface area contributed by atoms with Gasteiger partial charge in [-0.05, 0) is 35.4 Å². The van der Waals surface area contributed by atoms with E-state index in [-0.39, 0.29) is 17.1 Å². The van der Waals surface area contributed by atoms with Crippen LogP contribution in [-0.4, -0.2) is 26.8 Å². The molecule has 0 unspecified atom stereocenters. The zero-order chi connectivity index (χ0) is 14.3. The van der Waals surface area contributed by atoms with Crippen LogP contribution in [0.3, 0.4) is 0 Å². The predicted octanol–water partition coefficient (Wildman–Crippen LogP) is 1.94. The minimum absolute atomic E-state index is 0.228. The molecule has 1 aromatic heterocycles. The first-order chi connectivity index (χ1) is 9.58. The summed E-state index contributed by atoms with van der Waals surface area (Å²) in [6, 6.07) is 4.33. The summed E-state index contributed by atoms with van der Waals surface area (Å²) in [6.45, 7) is 0. The van der Waals surface area contributed by atoms with Crippen LogP contribution in [0.1, 0.15) is 15.9 Å². The molecule has 0 atom stereocenters. The summed E-state index contributed by atoms with van der Waals surface area (Å²) >= 11 is 0. The quantitative estimate of drug-likeness (QED) is 0.609. The molecule has 20 heavy (non-hydrogen) atoms. The van der Waals surface area contributed by atoms with E-state index in [4.69, 9.17) is 0 Å². The molecule has 0 aliphatic heterocycles. The summed E-state index contributed by atoms with van der Waals surface area (Å²) in [5, 5.41) is 18.9. The van der Waals surface area contributed by atoms with Crippen molar-refractivity contribution in [1.82, 2.24) is 4.98 Å². The molecule has 5 heteroatoms. The second kappa shape index (κ2) is 4.31. The minimum Gasteiger partial charge on any atom is -0.504 e. The van der Waals surface area contributed by atoms with Gasteiger partial charge in [0.2, 0.25) is 11.6 Å². The number of benzene rings is 1. The predicted molar refractivity (Wildman–Crippen MR) is 71.4 cm³/mol. The number of hydrogen-bond donors (Lipinski definition) is 2. The van der Waals surface area contributed by atoms with Gasteiger partial charge in [0.25, 0.3) is 0 Å². The molecule has 0 bridgehead atoms. The van der Waals surface area contributed by atoms with Crippen molar-refractivity contribution in [3.63, 3.8) is 0 Å². The van der Waals surface area contributed by atoms with Gasteiger partial charge in [-0.1, -0.05) is 6.07 Å². The molecule has 98 valence electrons. The maximum Gasteiger partial charge on any atom is 0.235 e. The van der Waals surface area contributed by atoms with Crippen LogP contribution in [0.5, 0.6) is 11.5 Å². The third-order valence-electron chi connectivity index (χ3n) is 3.14. The van der Waals surface area contributed by atoms with Gasteiger partial charge in [-0.25, -0.2) is 0 Å². The topological polar surface area (TPSA) is 87.5 Å². The molecule has 0 saturated heterocycles. The number of carbonyl (C=O) groups is 2. The number of aromatic hydroxyl groups is 2. The highest BCUT2D eigenvalue weighted by Gasteiger charge is 2.23. The zero-order valence-corrected chi connectivity index (χ0v) is 10.2. The molecule has 0 fully saturated rings. The third kappa shape index (κ3) is 1.76. The average molecular weight is 267 g/mol. The summed E-state index contributed by atoms with van der Waals surface area (Å²) in [7, 11) is 0. The number of fused-ring (bicyclic) bond motifs is 1. The van der Waals surface area contributed by atoms with Crippen LogP contribution >= 0.6 is 0 Å². The molecule has 0 saturated carbocycles. The molecule has 2 aromatic rings. The number of phenolic OH excluding ortho intramolecular Hbond substituents is 2. The molecule has 0 spiro atoms. The summed E-state index contributed by atoms with van der Waals surface area (Å²) in [5.41, 5.74) is 2.02. The molecule has 1 heterocycles. The molecular weight excluding hydrogens is 258 g/mol. The Balaban J connectivity index is 2.23. The van der Waals surface area contributed by atoms with Crippen LogP contribution in [0.15, 0.2) is 36.7 Å². The second-order valence-electron chi connectivity index (χ2n) is 4.38. The number of hydrogen-bond acceptors (Lipinski definition) is 5. The first kappa shape index (κ1) is 12.1. The Morgan fingerprint density at radius 1 is 0.900 bits per heavy atom. The smallest absolute Gasteiger partial charge is 0.235 e. The van der Waals surface area contributed by atoms with Crippen molar-refractivity contribution in [3.05, 3.63) is 47.8 Å². The Hall–Kier alpha value is -2.95. The number of allylic oxidation sites excluding steroid dienone is 1. The summed E-state index contributed by atoms with van der Waals surface area (Å²) in [6.07, 6.45) is 5.66. The van der Waals surface area contributed by atoms with Crippen molar-refractivity contribution in [2.24, 2.45) is 0 Å². The molecule has 5 nitrogen and oxygen atoms in total. The standard InChI is InChI=1S/C15H9NO4/c17-12-3-1-8(5-14(12)19)10-6-16-7-11-9(10)2-4-13(18)15(11)20/h1-7,17,19H. The highest BCUT2D eigenvalue weighted by Crippen LogP contribution is 2.34. The molecule has 1 aromatic carbocycles. The van der Waals surface area contributed by atoms with Gasteiger partial charge in [0.15, 0.2) is 11.5 Å². The molecule has 1 aliphatic rings. The van der Waals surface area contributed by atoms with Gasteiger partial charge in [-0.3, -0.25) is 14.6 Å². The number of pyridine rings is 1. The minimum atomic E-state index is -0.597. The van der Waals surface area contributed by atoms with Gasteiger partial charge in [0.05, 0.1) is 5.56 Å². The van der Waals surface area contributed by atoms with Crippen molar-refractivity contribution in [1.29, 1.82) is 0 Å². The Morgan fingerprint density at radius 3 is 2.40 bits per heavy atom. The Morgan fingerprint density at radius 2 is 1.65 bits per heavy atom. The third-order valence-corrected chi connectivity index (χ3v) is 3.14. The van der Waals surface area contributed by atoms with Gasteiger partial charge >= 0.3 is 0 Å². The van der Waals surface area contributed by atoms with Crippen LogP contribution in [0.4, 0.5) is 0 Å². The highest BCUT2D eigenvalue weighted by molar-refractivity contribution is 6.50. The number of Topliss-reactive ketones (excluding diaryl/α,β-unsaturated/α-hetero) is 1. The molecule has 1 aliphatic carbocycles. The maximum absolute atomic E-state index is 11.8. The van der Waals surface area contributed by atoms with Gasteiger partial charge in [0, 0.05) is 18.0 Å². The summed E-state index contributed by atoms with van der Waals surface area (Å²) in [4.78, 5) is 27.1. The first-order valence-corrected chi connectivity index (χ1v) is 5.85. The van der Waals surface area contributed by atoms with Crippen LogP contribution in [-0.2, 0) is 4.79 Å². The zero-order valence-electron chi connectivity index (χ0n) is 10.2. The van der Waals surface area contributed by atoms with Crippen LogP contribution in [0.25, 0.3) is 17.2 Å². The van der Waals surface area contributed by atoms with E-state index >= 15 is 0 Å². The lowest BCUT2D eigenvalue weighted by molar-refractivity contribution is -0.110. The van der Waals surface area contributed by atoms with E-state index in [2.05, 4.69) is 4.98 Å². The van der Waals surface area contributed by atoms with E-state index in [0.717, 1.165) is 0 Å². The molecule has 0 amide bonds. The van der Waals surface area contributed by atoms with Gasteiger partial charge in [0.1, 0.15) is 0 Å². The molecule has 2 N–H and O–H groups in total. The van der Waals surface area contributed by atoms with E-state index in [0.29, 0.717) is 16.7 Å². The van der Waals surface area contributed by atoms with Crippen LogP contribution in [0, 0.1) is 0 Å². The summed E-state index contributed by atoms with van der Waals surface area (Å²) < 4.78 is 0. The Bertz CT molecular complexity index is 777. The SMILES string of the molecule is O=C1C=Cc2c(cncc2-c2ccc(O)c(O)c2)C1=O. The number of carbonyl (C=O) groups excluding carboxylic acids is 2. The van der Waals surface area contributed by atoms with Crippen molar-refractivity contribution in [2.45, 2.75) is 0 Å². The fourth-order valence-corrected chi connectivity index (χ4v) is 2.12. The van der Waals surface area contributed by atoms with Crippen molar-refractivity contribution < 1.29 is 19.8 Å². The lowest BCUT2D eigenvalue weighted by Gasteiger charge is -2.13. The highest BCUT2D eigenvalue weighted by atomic mass is 16.3. The van der Waals surface area contributed by atoms with E-state index in [1.165, 1.54) is 30.6 Å². The number of ketones is 2. The fraction of sp³-hybridized carbons (Fsp3) is 0. The number of aromatic nitrogens is 1. The summed E-state index contributed by atoms with van der Waals surface area (Å²) in [5.74, 6) is -1.67. The largest absolute Gasteiger partial charge is 0.504 e. The lowest BCUT2D eigenvalue weighted by atomic mass is 9.91. The second-order valence-corrected chi connectivity index (χ2v) is 4.38. The van der Waals surface area contributed by atoms with Gasteiger partial charge in [-0.15, -0.1) is 0 Å². The van der Waals surface area contributed by atoms with Crippen molar-refractivity contribution in [2.75, 3.05) is 0 Å². The van der Waals surface area contributed by atoms with Gasteiger partial charge in [-0.2, -0.15) is 0 Å². The first-order valence-electron chi connectivity index (χ1n) is 5.85. The maximum atomic E-state index is 11.8. The monoisotopic (exact) mass is 267 g/mol. The van der Waals surface area contributed by atoms with Crippen LogP contribution in [0.2, 0.25) is 0 Å². The average Bonchev–Trinajstić information content (AvgIpc) is 2.45. The van der Waals surface area contributed by atoms with E-state index in [1.807, 2.05) is 0 Å². The van der Waals surface area contributed by atoms with Crippen molar-refractivity contribution >= 4 is 17.6 Å². The fourth-order valence-electron chi connectivity index (χ4n) is 2.12. The molecule has 3 rings (SSSR count). The number of rotatable bonds is 1. The van der Waals surface area contributed by atoms with E-state index in [9.17, 15) is 19.8 Å². The molecular formula is C15H9NO4. The number of nitrogens with zero attached hydrogens (tertiary/aromatic N) is 1. The molecule has 0 radical (unpaired) electrons. The van der Waals surface area contributed by atoms with E-state index in [1.54, 1.807) is 12.1 Å². The van der Waals surface area contributed by atoms with E-state index < -0.39 is 11.6 Å². The Kier molecular flexibility index (Phi) is 2.61. The Labute approximate surface area is 113 Å². The van der Waals surface area contributed by atoms with Crippen LogP contribution < -0.4 is 0 Å².